The third-order valence-corrected chi connectivity index (χ3v) is 4.68. The first-order valence-corrected chi connectivity index (χ1v) is 8.29. The third-order valence-electron chi connectivity index (χ3n) is 4.68. The third kappa shape index (κ3) is 3.78. The summed E-state index contributed by atoms with van der Waals surface area (Å²) in [5.74, 6) is -0.336. The summed E-state index contributed by atoms with van der Waals surface area (Å²) < 4.78 is 22.8. The summed E-state index contributed by atoms with van der Waals surface area (Å²) in [5.41, 5.74) is 0.178. The van der Waals surface area contributed by atoms with Crippen LogP contribution in [0.25, 0.3) is 0 Å². The van der Waals surface area contributed by atoms with Gasteiger partial charge in [-0.1, -0.05) is 30.3 Å². The van der Waals surface area contributed by atoms with Crippen LogP contribution in [-0.2, 0) is 23.7 Å². The Bertz CT molecular complexity index is 562. The van der Waals surface area contributed by atoms with Gasteiger partial charge in [0.25, 0.3) is 0 Å². The first-order chi connectivity index (χ1) is 11.5. The number of hydrogen-bond acceptors (Lipinski definition) is 6. The van der Waals surface area contributed by atoms with Crippen molar-refractivity contribution < 1.29 is 28.8 Å². The van der Waals surface area contributed by atoms with E-state index in [2.05, 4.69) is 0 Å². The van der Waals surface area contributed by atoms with E-state index >= 15 is 0 Å². The zero-order valence-corrected chi connectivity index (χ0v) is 14.0. The maximum Gasteiger partial charge on any atom is 0.302 e. The Morgan fingerprint density at radius 3 is 2.79 bits per heavy atom. The number of carbonyl (C=O) groups excluding carboxylic acids is 1. The van der Waals surface area contributed by atoms with Crippen LogP contribution in [0, 0.1) is 0 Å². The summed E-state index contributed by atoms with van der Waals surface area (Å²) in [6.07, 6.45) is -0.693. The van der Waals surface area contributed by atoms with Gasteiger partial charge in [0.15, 0.2) is 6.29 Å². The molecular formula is C18H24O6. The number of hydrogen-bond donors (Lipinski definition) is 1. The number of ether oxygens (including phenoxy) is 4. The van der Waals surface area contributed by atoms with Gasteiger partial charge < -0.3 is 24.1 Å². The molecular weight excluding hydrogens is 312 g/mol. The van der Waals surface area contributed by atoms with Gasteiger partial charge in [-0.05, 0) is 6.92 Å². The van der Waals surface area contributed by atoms with Gasteiger partial charge in [-0.2, -0.15) is 0 Å². The Morgan fingerprint density at radius 1 is 1.33 bits per heavy atom. The second kappa shape index (κ2) is 7.19. The molecule has 0 aromatic heterocycles. The van der Waals surface area contributed by atoms with E-state index in [1.165, 1.54) is 6.92 Å². The molecule has 2 aliphatic heterocycles. The normalized spacial score (nSPS) is 36.0. The largest absolute Gasteiger partial charge is 0.466 e. The minimum atomic E-state index is -0.775. The molecule has 1 aromatic carbocycles. The fraction of sp³-hybridized carbons (Fsp3) is 0.611. The molecule has 0 aliphatic carbocycles. The molecule has 0 bridgehead atoms. The lowest BCUT2D eigenvalue weighted by atomic mass is 9.86. The van der Waals surface area contributed by atoms with Crippen LogP contribution >= 0.6 is 0 Å². The van der Waals surface area contributed by atoms with E-state index < -0.39 is 18.0 Å². The van der Waals surface area contributed by atoms with E-state index in [0.29, 0.717) is 19.4 Å². The number of fused-ring (bicyclic) bond motifs is 1. The summed E-state index contributed by atoms with van der Waals surface area (Å²) >= 11 is 0. The predicted molar refractivity (Wildman–Crippen MR) is 85.2 cm³/mol. The van der Waals surface area contributed by atoms with Gasteiger partial charge in [-0.3, -0.25) is 4.79 Å². The van der Waals surface area contributed by atoms with Crippen LogP contribution in [-0.4, -0.2) is 48.2 Å². The number of esters is 1. The molecule has 24 heavy (non-hydrogen) atoms. The highest BCUT2D eigenvalue weighted by atomic mass is 16.7. The quantitative estimate of drug-likeness (QED) is 0.847. The van der Waals surface area contributed by atoms with Gasteiger partial charge in [0.2, 0.25) is 0 Å². The average molecular weight is 336 g/mol. The van der Waals surface area contributed by atoms with Crippen molar-refractivity contribution in [3.8, 4) is 0 Å². The van der Waals surface area contributed by atoms with Crippen molar-refractivity contribution in [2.45, 2.75) is 56.9 Å². The molecule has 2 aliphatic rings. The van der Waals surface area contributed by atoms with Crippen molar-refractivity contribution in [2.75, 3.05) is 13.2 Å². The SMILES string of the molecule is CC(=O)OCC[C@]1(C)O[C@@H]2CO[C@@H](c3ccccc3)O[C@H]2C[C@H]1O. The van der Waals surface area contributed by atoms with E-state index in [4.69, 9.17) is 18.9 Å². The molecule has 2 fully saturated rings. The smallest absolute Gasteiger partial charge is 0.302 e. The summed E-state index contributed by atoms with van der Waals surface area (Å²) in [7, 11) is 0. The summed E-state index contributed by atoms with van der Waals surface area (Å²) in [4.78, 5) is 10.9. The van der Waals surface area contributed by atoms with Crippen LogP contribution in [0.2, 0.25) is 0 Å². The Hall–Kier alpha value is -1.47. The van der Waals surface area contributed by atoms with Gasteiger partial charge in [-0.25, -0.2) is 0 Å². The van der Waals surface area contributed by atoms with Gasteiger partial charge in [0.1, 0.15) is 6.10 Å². The molecule has 0 unspecified atom stereocenters. The molecule has 132 valence electrons. The summed E-state index contributed by atoms with van der Waals surface area (Å²) in [6.45, 7) is 3.82. The first-order valence-electron chi connectivity index (χ1n) is 8.29. The highest BCUT2D eigenvalue weighted by Gasteiger charge is 2.48. The molecule has 2 heterocycles. The van der Waals surface area contributed by atoms with Crippen LogP contribution in [0.3, 0.4) is 0 Å². The minimum absolute atomic E-state index is 0.217. The van der Waals surface area contributed by atoms with Crippen molar-refractivity contribution in [1.82, 2.24) is 0 Å². The number of benzene rings is 1. The molecule has 2 saturated heterocycles. The monoisotopic (exact) mass is 336 g/mol. The summed E-state index contributed by atoms with van der Waals surface area (Å²) in [5, 5.41) is 10.5. The van der Waals surface area contributed by atoms with E-state index in [1.54, 1.807) is 0 Å². The lowest BCUT2D eigenvalue weighted by molar-refractivity contribution is -0.322. The second-order valence-corrected chi connectivity index (χ2v) is 6.56. The van der Waals surface area contributed by atoms with Crippen molar-refractivity contribution in [1.29, 1.82) is 0 Å². The highest BCUT2D eigenvalue weighted by Crippen LogP contribution is 2.38. The van der Waals surface area contributed by atoms with Crippen LogP contribution in [0.1, 0.15) is 38.5 Å². The van der Waals surface area contributed by atoms with Gasteiger partial charge in [0.05, 0.1) is 31.0 Å². The first kappa shape index (κ1) is 17.4. The topological polar surface area (TPSA) is 74.2 Å². The number of aliphatic hydroxyl groups is 1. The predicted octanol–water partition coefficient (Wildman–Crippen LogP) is 1.96. The fourth-order valence-corrected chi connectivity index (χ4v) is 3.19. The number of rotatable bonds is 4. The molecule has 6 nitrogen and oxygen atoms in total. The zero-order valence-electron chi connectivity index (χ0n) is 14.0. The Labute approximate surface area is 141 Å². The van der Waals surface area contributed by atoms with E-state index in [9.17, 15) is 9.90 Å². The van der Waals surface area contributed by atoms with Crippen molar-refractivity contribution in [3.05, 3.63) is 35.9 Å². The maximum atomic E-state index is 10.9. The minimum Gasteiger partial charge on any atom is -0.466 e. The lowest BCUT2D eigenvalue weighted by Crippen LogP contribution is -2.58. The maximum absolute atomic E-state index is 10.9. The molecule has 6 heteroatoms. The van der Waals surface area contributed by atoms with Crippen LogP contribution < -0.4 is 0 Å². The van der Waals surface area contributed by atoms with Gasteiger partial charge in [-0.15, -0.1) is 0 Å². The van der Waals surface area contributed by atoms with Crippen LogP contribution in [0.4, 0.5) is 0 Å². The Kier molecular flexibility index (Phi) is 5.20. The van der Waals surface area contributed by atoms with Crippen LogP contribution in [0.5, 0.6) is 0 Å². The average Bonchev–Trinajstić information content (AvgIpc) is 2.56. The molecule has 0 saturated carbocycles. The van der Waals surface area contributed by atoms with E-state index in [0.717, 1.165) is 5.56 Å². The second-order valence-electron chi connectivity index (χ2n) is 6.56. The molecule has 1 aromatic rings. The lowest BCUT2D eigenvalue weighted by Gasteiger charge is -2.48. The molecule has 0 radical (unpaired) electrons. The van der Waals surface area contributed by atoms with Crippen molar-refractivity contribution in [3.63, 3.8) is 0 Å². The van der Waals surface area contributed by atoms with E-state index in [1.807, 2.05) is 37.3 Å². The molecule has 0 amide bonds. The Balaban J connectivity index is 1.61. The fourth-order valence-electron chi connectivity index (χ4n) is 3.19. The number of carbonyl (C=O) groups is 1. The molecule has 3 rings (SSSR count). The van der Waals surface area contributed by atoms with Gasteiger partial charge >= 0.3 is 5.97 Å². The van der Waals surface area contributed by atoms with Crippen LogP contribution in [0.15, 0.2) is 30.3 Å². The Morgan fingerprint density at radius 2 is 2.08 bits per heavy atom. The molecule has 5 atom stereocenters. The standard InChI is InChI=1S/C18H24O6/c1-12(19)21-9-8-18(2)16(20)10-14-15(24-18)11-22-17(23-14)13-6-4-3-5-7-13/h3-7,14-17,20H,8-11H2,1-2H3/t14-,15+,16+,17+,18-/m0/s1. The van der Waals surface area contributed by atoms with Crippen molar-refractivity contribution >= 4 is 5.97 Å². The van der Waals surface area contributed by atoms with Crippen molar-refractivity contribution in [2.24, 2.45) is 0 Å². The summed E-state index contributed by atoms with van der Waals surface area (Å²) in [6, 6.07) is 9.72. The van der Waals surface area contributed by atoms with Gasteiger partial charge in [0, 0.05) is 25.3 Å². The molecule has 0 spiro atoms. The number of aliphatic hydroxyl groups excluding tert-OH is 1. The molecule has 1 N–H and O–H groups in total. The zero-order chi connectivity index (χ0) is 17.2. The van der Waals surface area contributed by atoms with E-state index in [-0.39, 0.29) is 24.8 Å². The highest BCUT2D eigenvalue weighted by molar-refractivity contribution is 5.65.